The van der Waals surface area contributed by atoms with Gasteiger partial charge in [0.25, 0.3) is 5.91 Å². The molecule has 2 aromatic rings. The summed E-state index contributed by atoms with van der Waals surface area (Å²) in [5.41, 5.74) is 2.11. The molecule has 0 radical (unpaired) electrons. The molecular formula is C15H17N3O2. The van der Waals surface area contributed by atoms with Crippen LogP contribution in [0, 0.1) is 6.92 Å². The monoisotopic (exact) mass is 271 g/mol. The number of nitrogens with one attached hydrogen (secondary N) is 1. The van der Waals surface area contributed by atoms with Crippen molar-refractivity contribution in [2.75, 3.05) is 13.7 Å². The molecule has 2 rings (SSSR count). The number of rotatable bonds is 5. The Hall–Kier alpha value is -2.56. The Bertz CT molecular complexity index is 632. The number of carbonyl (C=O) groups excluding carboxylic acids is 1. The summed E-state index contributed by atoms with van der Waals surface area (Å²) >= 11 is 0. The number of benzene rings is 1. The van der Waals surface area contributed by atoms with Gasteiger partial charge in [-0.05, 0) is 25.1 Å². The molecule has 1 heterocycles. The molecule has 0 unspecified atom stereocenters. The van der Waals surface area contributed by atoms with Crippen LogP contribution in [-0.2, 0) is 0 Å². The summed E-state index contributed by atoms with van der Waals surface area (Å²) in [4.78, 5) is 11.9. The van der Waals surface area contributed by atoms with Crippen molar-refractivity contribution in [3.8, 4) is 11.4 Å². The summed E-state index contributed by atoms with van der Waals surface area (Å²) < 4.78 is 6.91. The Morgan fingerprint density at radius 2 is 2.30 bits per heavy atom. The van der Waals surface area contributed by atoms with E-state index in [1.807, 2.05) is 31.2 Å². The van der Waals surface area contributed by atoms with E-state index < -0.39 is 0 Å². The Morgan fingerprint density at radius 3 is 3.00 bits per heavy atom. The first-order valence-corrected chi connectivity index (χ1v) is 6.26. The van der Waals surface area contributed by atoms with Gasteiger partial charge in [-0.15, -0.1) is 6.58 Å². The molecule has 0 fully saturated rings. The minimum Gasteiger partial charge on any atom is -0.497 e. The van der Waals surface area contributed by atoms with Crippen LogP contribution in [0.2, 0.25) is 0 Å². The second-order valence-corrected chi connectivity index (χ2v) is 4.28. The van der Waals surface area contributed by atoms with Gasteiger partial charge >= 0.3 is 0 Å². The van der Waals surface area contributed by atoms with E-state index in [1.165, 1.54) is 0 Å². The van der Waals surface area contributed by atoms with Crippen LogP contribution < -0.4 is 10.1 Å². The molecule has 5 heteroatoms. The maximum atomic E-state index is 11.9. The summed E-state index contributed by atoms with van der Waals surface area (Å²) in [6.45, 7) is 5.88. The lowest BCUT2D eigenvalue weighted by atomic mass is 10.3. The Labute approximate surface area is 117 Å². The summed E-state index contributed by atoms with van der Waals surface area (Å²) in [6, 6.07) is 9.27. The zero-order valence-electron chi connectivity index (χ0n) is 11.6. The molecule has 0 atom stereocenters. The van der Waals surface area contributed by atoms with Crippen LogP contribution in [0.4, 0.5) is 0 Å². The van der Waals surface area contributed by atoms with Gasteiger partial charge in [-0.3, -0.25) is 4.79 Å². The number of methoxy groups -OCH3 is 1. The number of carbonyl (C=O) groups is 1. The highest BCUT2D eigenvalue weighted by Crippen LogP contribution is 2.18. The minimum atomic E-state index is -0.213. The minimum absolute atomic E-state index is 0.213. The zero-order valence-corrected chi connectivity index (χ0v) is 11.6. The third-order valence-corrected chi connectivity index (χ3v) is 2.82. The smallest absolute Gasteiger partial charge is 0.272 e. The van der Waals surface area contributed by atoms with Crippen LogP contribution >= 0.6 is 0 Å². The molecule has 0 aliphatic carbocycles. The SMILES string of the molecule is C=CCNC(=O)c1cc(C)n(-c2cccc(OC)c2)n1. The molecule has 0 spiro atoms. The average Bonchev–Trinajstić information content (AvgIpc) is 2.87. The van der Waals surface area contributed by atoms with Crippen LogP contribution in [0.15, 0.2) is 43.0 Å². The maximum absolute atomic E-state index is 11.9. The molecule has 0 bridgehead atoms. The Balaban J connectivity index is 2.31. The molecule has 0 aliphatic heterocycles. The van der Waals surface area contributed by atoms with E-state index in [2.05, 4.69) is 17.0 Å². The predicted molar refractivity (Wildman–Crippen MR) is 77.4 cm³/mol. The van der Waals surface area contributed by atoms with E-state index in [4.69, 9.17) is 4.74 Å². The first-order chi connectivity index (χ1) is 9.65. The van der Waals surface area contributed by atoms with E-state index in [0.717, 1.165) is 17.1 Å². The van der Waals surface area contributed by atoms with Crippen molar-refractivity contribution in [1.82, 2.24) is 15.1 Å². The Kier molecular flexibility index (Phi) is 4.20. The van der Waals surface area contributed by atoms with Gasteiger partial charge in [0.05, 0.1) is 12.8 Å². The van der Waals surface area contributed by atoms with Crippen molar-refractivity contribution in [2.24, 2.45) is 0 Å². The molecule has 1 N–H and O–H groups in total. The predicted octanol–water partition coefficient (Wildman–Crippen LogP) is 2.11. The molecule has 1 amide bonds. The van der Waals surface area contributed by atoms with Crippen molar-refractivity contribution in [3.63, 3.8) is 0 Å². The van der Waals surface area contributed by atoms with Crippen LogP contribution in [0.5, 0.6) is 5.75 Å². The van der Waals surface area contributed by atoms with Crippen LogP contribution in [0.25, 0.3) is 5.69 Å². The first kappa shape index (κ1) is 13.9. The number of ether oxygens (including phenoxy) is 1. The van der Waals surface area contributed by atoms with Gasteiger partial charge in [0, 0.05) is 18.3 Å². The van der Waals surface area contributed by atoms with E-state index in [1.54, 1.807) is 23.9 Å². The lowest BCUT2D eigenvalue weighted by Crippen LogP contribution is -2.23. The van der Waals surface area contributed by atoms with Crippen LogP contribution in [-0.4, -0.2) is 29.3 Å². The number of hydrogen-bond donors (Lipinski definition) is 1. The van der Waals surface area contributed by atoms with Crippen LogP contribution in [0.1, 0.15) is 16.2 Å². The van der Waals surface area contributed by atoms with Crippen molar-refractivity contribution < 1.29 is 9.53 Å². The molecule has 20 heavy (non-hydrogen) atoms. The maximum Gasteiger partial charge on any atom is 0.272 e. The highest BCUT2D eigenvalue weighted by Gasteiger charge is 2.12. The van der Waals surface area contributed by atoms with Gasteiger partial charge in [0.1, 0.15) is 5.75 Å². The van der Waals surface area contributed by atoms with Crippen molar-refractivity contribution in [2.45, 2.75) is 6.92 Å². The molecular weight excluding hydrogens is 254 g/mol. The first-order valence-electron chi connectivity index (χ1n) is 6.26. The van der Waals surface area contributed by atoms with Gasteiger partial charge in [-0.2, -0.15) is 5.10 Å². The lowest BCUT2D eigenvalue weighted by molar-refractivity contribution is 0.0952. The second-order valence-electron chi connectivity index (χ2n) is 4.28. The van der Waals surface area contributed by atoms with E-state index >= 15 is 0 Å². The van der Waals surface area contributed by atoms with Gasteiger partial charge in [0.15, 0.2) is 5.69 Å². The van der Waals surface area contributed by atoms with Crippen molar-refractivity contribution in [3.05, 3.63) is 54.4 Å². The highest BCUT2D eigenvalue weighted by molar-refractivity contribution is 5.92. The normalized spacial score (nSPS) is 10.1. The summed E-state index contributed by atoms with van der Waals surface area (Å²) in [5.74, 6) is 0.532. The largest absolute Gasteiger partial charge is 0.497 e. The van der Waals surface area contributed by atoms with Crippen molar-refractivity contribution in [1.29, 1.82) is 0 Å². The zero-order chi connectivity index (χ0) is 14.5. The standard InChI is InChI=1S/C15H17N3O2/c1-4-8-16-15(19)14-9-11(2)18(17-14)12-6-5-7-13(10-12)20-3/h4-7,9-10H,1,8H2,2-3H3,(H,16,19). The Morgan fingerprint density at radius 1 is 1.50 bits per heavy atom. The number of amides is 1. The number of nitrogens with zero attached hydrogens (tertiary/aromatic N) is 2. The summed E-state index contributed by atoms with van der Waals surface area (Å²) in [5, 5.41) is 7.03. The molecule has 104 valence electrons. The van der Waals surface area contributed by atoms with Gasteiger partial charge in [-0.1, -0.05) is 12.1 Å². The molecule has 1 aromatic heterocycles. The third kappa shape index (κ3) is 2.88. The van der Waals surface area contributed by atoms with Gasteiger partial charge in [0.2, 0.25) is 0 Å². The molecule has 5 nitrogen and oxygen atoms in total. The fraction of sp³-hybridized carbons (Fsp3) is 0.200. The molecule has 0 saturated heterocycles. The highest BCUT2D eigenvalue weighted by atomic mass is 16.5. The molecule has 0 aliphatic rings. The average molecular weight is 271 g/mol. The van der Waals surface area contributed by atoms with E-state index in [-0.39, 0.29) is 5.91 Å². The third-order valence-electron chi connectivity index (χ3n) is 2.82. The quantitative estimate of drug-likeness (QED) is 0.847. The van der Waals surface area contributed by atoms with Crippen molar-refractivity contribution >= 4 is 5.91 Å². The number of hydrogen-bond acceptors (Lipinski definition) is 3. The van der Waals surface area contributed by atoms with E-state index in [0.29, 0.717) is 12.2 Å². The number of aryl methyl sites for hydroxylation is 1. The van der Waals surface area contributed by atoms with Gasteiger partial charge < -0.3 is 10.1 Å². The summed E-state index contributed by atoms with van der Waals surface area (Å²) in [7, 11) is 1.61. The molecule has 0 saturated carbocycles. The fourth-order valence-corrected chi connectivity index (χ4v) is 1.84. The van der Waals surface area contributed by atoms with Gasteiger partial charge in [-0.25, -0.2) is 4.68 Å². The fourth-order valence-electron chi connectivity index (χ4n) is 1.84. The lowest BCUT2D eigenvalue weighted by Gasteiger charge is -2.06. The molecule has 1 aromatic carbocycles. The second kappa shape index (κ2) is 6.06. The van der Waals surface area contributed by atoms with E-state index in [9.17, 15) is 4.79 Å². The summed E-state index contributed by atoms with van der Waals surface area (Å²) in [6.07, 6.45) is 1.63. The number of aromatic nitrogens is 2. The topological polar surface area (TPSA) is 56.2 Å². The van der Waals surface area contributed by atoms with Crippen LogP contribution in [0.3, 0.4) is 0 Å².